The first-order valence-corrected chi connectivity index (χ1v) is 6.81. The number of aldehydes is 1. The Bertz CT molecular complexity index is 356. The molecule has 0 radical (unpaired) electrons. The summed E-state index contributed by atoms with van der Waals surface area (Å²) in [7, 11) is 0. The molecule has 0 aliphatic rings. The van der Waals surface area contributed by atoms with Crippen LogP contribution in [0.15, 0.2) is 30.3 Å². The van der Waals surface area contributed by atoms with E-state index in [0.29, 0.717) is 6.42 Å². The highest BCUT2D eigenvalue weighted by molar-refractivity contribution is 5.65. The summed E-state index contributed by atoms with van der Waals surface area (Å²) in [5, 5.41) is 0. The molecule has 2 N–H and O–H groups in total. The van der Waals surface area contributed by atoms with Gasteiger partial charge >= 0.3 is 6.09 Å². The first-order chi connectivity index (χ1) is 9.35. The Morgan fingerprint density at radius 2 is 1.70 bits per heavy atom. The summed E-state index contributed by atoms with van der Waals surface area (Å²) in [4.78, 5) is 20.0. The summed E-state index contributed by atoms with van der Waals surface area (Å²) in [6.45, 7) is 9.28. The van der Waals surface area contributed by atoms with Crippen molar-refractivity contribution in [3.8, 4) is 0 Å². The van der Waals surface area contributed by atoms with Crippen molar-refractivity contribution in [2.24, 2.45) is 5.73 Å². The Morgan fingerprint density at radius 1 is 1.20 bits per heavy atom. The largest absolute Gasteiger partial charge is 0.444 e. The molecule has 1 aromatic rings. The first-order valence-electron chi connectivity index (χ1n) is 6.81. The third kappa shape index (κ3) is 16.2. The number of carbonyl (C=O) groups excluding carboxylic acids is 2. The number of benzene rings is 1. The monoisotopic (exact) mass is 281 g/mol. The van der Waals surface area contributed by atoms with Gasteiger partial charge in [-0.2, -0.15) is 0 Å². The normalized spacial score (nSPS) is 9.25. The number of carbonyl (C=O) groups is 2. The molecule has 0 aromatic heterocycles. The van der Waals surface area contributed by atoms with Gasteiger partial charge in [0.25, 0.3) is 0 Å². The molecule has 0 spiro atoms. The lowest BCUT2D eigenvalue weighted by Crippen LogP contribution is -2.27. The number of primary amides is 1. The average molecular weight is 281 g/mol. The molecule has 0 saturated carbocycles. The standard InChI is InChI=1S/C9H10O.C5H11NO2.C2H6/c10-8-4-7-9-5-2-1-3-6-9;1-5(2,3)8-4(6)7;1-2/h1-3,5-6,8H,4,7H2;1-3H3,(H2,6,7);1-2H3. The van der Waals surface area contributed by atoms with Gasteiger partial charge in [-0.3, -0.25) is 0 Å². The van der Waals surface area contributed by atoms with Crippen LogP contribution in [-0.4, -0.2) is 18.0 Å². The Kier molecular flexibility index (Phi) is 12.5. The molecular weight excluding hydrogens is 254 g/mol. The maximum absolute atomic E-state index is 10.0. The van der Waals surface area contributed by atoms with E-state index in [-0.39, 0.29) is 0 Å². The van der Waals surface area contributed by atoms with Crippen molar-refractivity contribution in [1.29, 1.82) is 0 Å². The van der Waals surface area contributed by atoms with Crippen LogP contribution in [-0.2, 0) is 16.0 Å². The van der Waals surface area contributed by atoms with Crippen LogP contribution in [0.3, 0.4) is 0 Å². The first kappa shape index (κ1) is 20.5. The van der Waals surface area contributed by atoms with Crippen LogP contribution in [0.25, 0.3) is 0 Å². The number of aryl methyl sites for hydroxylation is 1. The molecule has 0 aliphatic carbocycles. The van der Waals surface area contributed by atoms with Crippen LogP contribution in [0, 0.1) is 0 Å². The van der Waals surface area contributed by atoms with Crippen LogP contribution in [0.5, 0.6) is 0 Å². The molecular formula is C16H27NO3. The van der Waals surface area contributed by atoms with Gasteiger partial charge in [-0.05, 0) is 32.8 Å². The number of ether oxygens (including phenoxy) is 1. The second-order valence-electron chi connectivity index (χ2n) is 4.72. The topological polar surface area (TPSA) is 69.4 Å². The fourth-order valence-corrected chi connectivity index (χ4v) is 1.17. The van der Waals surface area contributed by atoms with Gasteiger partial charge in [0.15, 0.2) is 0 Å². The highest BCUT2D eigenvalue weighted by Gasteiger charge is 2.12. The highest BCUT2D eigenvalue weighted by Crippen LogP contribution is 2.04. The number of nitrogens with two attached hydrogens (primary N) is 1. The van der Waals surface area contributed by atoms with E-state index in [1.165, 1.54) is 5.56 Å². The minimum atomic E-state index is -0.725. The van der Waals surface area contributed by atoms with Gasteiger partial charge in [0, 0.05) is 6.42 Å². The minimum absolute atomic E-state index is 0.453. The summed E-state index contributed by atoms with van der Waals surface area (Å²) in [5.74, 6) is 0. The zero-order valence-electron chi connectivity index (χ0n) is 13.2. The van der Waals surface area contributed by atoms with Crippen LogP contribution in [0.4, 0.5) is 4.79 Å². The predicted molar refractivity (Wildman–Crippen MR) is 82.6 cm³/mol. The molecule has 20 heavy (non-hydrogen) atoms. The molecule has 0 aliphatic heterocycles. The van der Waals surface area contributed by atoms with Crippen molar-refractivity contribution in [3.05, 3.63) is 35.9 Å². The minimum Gasteiger partial charge on any atom is -0.444 e. The molecule has 0 unspecified atom stereocenters. The van der Waals surface area contributed by atoms with Crippen LogP contribution >= 0.6 is 0 Å². The fourth-order valence-electron chi connectivity index (χ4n) is 1.17. The van der Waals surface area contributed by atoms with E-state index in [1.807, 2.05) is 44.2 Å². The molecule has 114 valence electrons. The lowest BCUT2D eigenvalue weighted by atomic mass is 10.1. The lowest BCUT2D eigenvalue weighted by molar-refractivity contribution is -0.107. The van der Waals surface area contributed by atoms with E-state index >= 15 is 0 Å². The zero-order valence-corrected chi connectivity index (χ0v) is 13.2. The molecule has 4 nitrogen and oxygen atoms in total. The summed E-state index contributed by atoms with van der Waals surface area (Å²) in [5.41, 5.74) is 5.50. The van der Waals surface area contributed by atoms with Gasteiger partial charge in [0.05, 0.1) is 0 Å². The molecule has 1 amide bonds. The highest BCUT2D eigenvalue weighted by atomic mass is 16.6. The van der Waals surface area contributed by atoms with Crippen LogP contribution < -0.4 is 5.73 Å². The lowest BCUT2D eigenvalue weighted by Gasteiger charge is -2.16. The van der Waals surface area contributed by atoms with Crippen molar-refractivity contribution >= 4 is 12.4 Å². The summed E-state index contributed by atoms with van der Waals surface area (Å²) in [6.07, 6.45) is 1.72. The quantitative estimate of drug-likeness (QED) is 0.858. The van der Waals surface area contributed by atoms with Gasteiger partial charge in [-0.15, -0.1) is 0 Å². The van der Waals surface area contributed by atoms with Crippen LogP contribution in [0.1, 0.15) is 46.6 Å². The summed E-state index contributed by atoms with van der Waals surface area (Å²) < 4.78 is 4.58. The number of hydrogen-bond donors (Lipinski definition) is 1. The van der Waals surface area contributed by atoms with E-state index in [4.69, 9.17) is 5.73 Å². The molecule has 0 heterocycles. The summed E-state index contributed by atoms with van der Waals surface area (Å²) in [6, 6.07) is 10.0. The molecule has 1 rings (SSSR count). The van der Waals surface area contributed by atoms with Crippen molar-refractivity contribution in [1.82, 2.24) is 0 Å². The molecule has 0 saturated heterocycles. The third-order valence-corrected chi connectivity index (χ3v) is 1.80. The fraction of sp³-hybridized carbons (Fsp3) is 0.500. The Labute approximate surface area is 122 Å². The SMILES string of the molecule is CC.CC(C)(C)OC(N)=O.O=CCCc1ccccc1. The van der Waals surface area contributed by atoms with Crippen molar-refractivity contribution in [2.45, 2.75) is 53.1 Å². The van der Waals surface area contributed by atoms with Crippen molar-refractivity contribution in [2.75, 3.05) is 0 Å². The predicted octanol–water partition coefficient (Wildman–Crippen LogP) is 3.72. The molecule has 0 fully saturated rings. The van der Waals surface area contributed by atoms with Crippen molar-refractivity contribution in [3.63, 3.8) is 0 Å². The van der Waals surface area contributed by atoms with Gasteiger partial charge in [-0.25, -0.2) is 4.79 Å². The smallest absolute Gasteiger partial charge is 0.405 e. The average Bonchev–Trinajstić information content (AvgIpc) is 2.38. The van der Waals surface area contributed by atoms with Crippen molar-refractivity contribution < 1.29 is 14.3 Å². The second kappa shape index (κ2) is 12.2. The molecule has 0 atom stereocenters. The third-order valence-electron chi connectivity index (χ3n) is 1.80. The van der Waals surface area contributed by atoms with E-state index in [2.05, 4.69) is 4.74 Å². The second-order valence-corrected chi connectivity index (χ2v) is 4.72. The Morgan fingerprint density at radius 3 is 2.00 bits per heavy atom. The molecule has 1 aromatic carbocycles. The van der Waals surface area contributed by atoms with E-state index in [9.17, 15) is 9.59 Å². The Balaban J connectivity index is 0. The Hall–Kier alpha value is -1.84. The summed E-state index contributed by atoms with van der Waals surface area (Å²) >= 11 is 0. The number of hydrogen-bond acceptors (Lipinski definition) is 3. The van der Waals surface area contributed by atoms with E-state index < -0.39 is 11.7 Å². The van der Waals surface area contributed by atoms with E-state index in [1.54, 1.807) is 20.8 Å². The van der Waals surface area contributed by atoms with Gasteiger partial charge < -0.3 is 15.3 Å². The van der Waals surface area contributed by atoms with E-state index in [0.717, 1.165) is 12.7 Å². The number of amides is 1. The maximum atomic E-state index is 10.0. The zero-order chi connectivity index (χ0) is 16.0. The maximum Gasteiger partial charge on any atom is 0.405 e. The number of rotatable bonds is 3. The van der Waals surface area contributed by atoms with Crippen LogP contribution in [0.2, 0.25) is 0 Å². The van der Waals surface area contributed by atoms with Gasteiger partial charge in [0.2, 0.25) is 0 Å². The van der Waals surface area contributed by atoms with Gasteiger partial charge in [-0.1, -0.05) is 44.2 Å². The molecule has 4 heteroatoms. The molecule has 0 bridgehead atoms. The van der Waals surface area contributed by atoms with Gasteiger partial charge in [0.1, 0.15) is 11.9 Å².